The molecule has 0 aromatic carbocycles. The molecule has 0 unspecified atom stereocenters. The van der Waals surface area contributed by atoms with E-state index >= 15 is 0 Å². The van der Waals surface area contributed by atoms with Crippen molar-refractivity contribution in [3.05, 3.63) is 23.8 Å². The molecule has 0 saturated heterocycles. The molecule has 0 heterocycles. The van der Waals surface area contributed by atoms with E-state index in [0.717, 1.165) is 12.8 Å². The highest BCUT2D eigenvalue weighted by atomic mass is 32.2. The van der Waals surface area contributed by atoms with Crippen LogP contribution in [0.2, 0.25) is 0 Å². The van der Waals surface area contributed by atoms with Crippen molar-refractivity contribution in [3.63, 3.8) is 0 Å². The first-order chi connectivity index (χ1) is 8.06. The Morgan fingerprint density at radius 2 is 1.89 bits per heavy atom. The lowest BCUT2D eigenvalue weighted by molar-refractivity contribution is 0.568. The van der Waals surface area contributed by atoms with E-state index in [1.807, 2.05) is 0 Å². The summed E-state index contributed by atoms with van der Waals surface area (Å²) in [6, 6.07) is 0. The molecule has 0 aliphatic heterocycles. The number of allylic oxidation sites excluding steroid dienone is 3. The standard InChI is InChI=1S/C14H24O2S2/c1-13(2,18(5,15)16)11-17-14(3,4)12-9-7-6-8-10-12/h6-7,9H,8,10-11H2,1-5H3. The summed E-state index contributed by atoms with van der Waals surface area (Å²) in [5, 5.41) is 0. The van der Waals surface area contributed by atoms with E-state index in [4.69, 9.17) is 0 Å². The van der Waals surface area contributed by atoms with Gasteiger partial charge in [-0.3, -0.25) is 0 Å². The fraction of sp³-hybridized carbons (Fsp3) is 0.714. The third-order valence-electron chi connectivity index (χ3n) is 3.57. The van der Waals surface area contributed by atoms with Gasteiger partial charge in [0.1, 0.15) is 0 Å². The summed E-state index contributed by atoms with van der Waals surface area (Å²) in [7, 11) is -3.01. The average Bonchev–Trinajstić information content (AvgIpc) is 2.26. The van der Waals surface area contributed by atoms with Crippen LogP contribution in [-0.2, 0) is 9.84 Å². The van der Waals surface area contributed by atoms with Crippen molar-refractivity contribution in [3.8, 4) is 0 Å². The molecule has 2 nitrogen and oxygen atoms in total. The zero-order valence-electron chi connectivity index (χ0n) is 12.0. The Labute approximate surface area is 116 Å². The minimum atomic E-state index is -3.01. The smallest absolute Gasteiger partial charge is 0.153 e. The fourth-order valence-corrected chi connectivity index (χ4v) is 3.76. The first-order valence-electron chi connectivity index (χ1n) is 6.26. The highest BCUT2D eigenvalue weighted by Gasteiger charge is 2.34. The first-order valence-corrected chi connectivity index (χ1v) is 9.14. The summed E-state index contributed by atoms with van der Waals surface area (Å²) in [6.45, 7) is 7.98. The Balaban J connectivity index is 2.73. The van der Waals surface area contributed by atoms with E-state index in [0.29, 0.717) is 5.75 Å². The molecule has 0 N–H and O–H groups in total. The molecule has 104 valence electrons. The van der Waals surface area contributed by atoms with Gasteiger partial charge in [0.2, 0.25) is 0 Å². The Morgan fingerprint density at radius 1 is 1.28 bits per heavy atom. The van der Waals surface area contributed by atoms with Crippen molar-refractivity contribution in [1.82, 2.24) is 0 Å². The van der Waals surface area contributed by atoms with Gasteiger partial charge in [0.05, 0.1) is 4.75 Å². The van der Waals surface area contributed by atoms with Crippen molar-refractivity contribution < 1.29 is 8.42 Å². The summed E-state index contributed by atoms with van der Waals surface area (Å²) in [6.07, 6.45) is 9.93. The van der Waals surface area contributed by atoms with Crippen molar-refractivity contribution in [2.24, 2.45) is 0 Å². The minimum absolute atomic E-state index is 0.00667. The second-order valence-corrected chi connectivity index (χ2v) is 10.2. The highest BCUT2D eigenvalue weighted by Crippen LogP contribution is 2.38. The van der Waals surface area contributed by atoms with Crippen molar-refractivity contribution in [2.75, 3.05) is 12.0 Å². The van der Waals surface area contributed by atoms with Gasteiger partial charge in [0.15, 0.2) is 9.84 Å². The number of thioether (sulfide) groups is 1. The van der Waals surface area contributed by atoms with Crippen LogP contribution in [0.15, 0.2) is 23.8 Å². The summed E-state index contributed by atoms with van der Waals surface area (Å²) in [4.78, 5) is 0. The van der Waals surface area contributed by atoms with Gasteiger partial charge < -0.3 is 0 Å². The maximum Gasteiger partial charge on any atom is 0.153 e. The molecule has 1 aliphatic carbocycles. The zero-order valence-corrected chi connectivity index (χ0v) is 13.6. The maximum atomic E-state index is 11.7. The number of hydrogen-bond acceptors (Lipinski definition) is 3. The summed E-state index contributed by atoms with van der Waals surface area (Å²) >= 11 is 1.74. The molecule has 0 aromatic heterocycles. The van der Waals surface area contributed by atoms with E-state index in [1.165, 1.54) is 11.8 Å². The lowest BCUT2D eigenvalue weighted by Crippen LogP contribution is -2.36. The van der Waals surface area contributed by atoms with E-state index in [9.17, 15) is 8.42 Å². The number of sulfone groups is 1. The molecule has 0 saturated carbocycles. The second kappa shape index (κ2) is 5.41. The molecule has 1 rings (SSSR count). The molecule has 0 aromatic rings. The molecule has 4 heteroatoms. The molecule has 1 aliphatic rings. The monoisotopic (exact) mass is 288 g/mol. The Hall–Kier alpha value is -0.220. The predicted octanol–water partition coefficient (Wildman–Crippen LogP) is 3.60. The van der Waals surface area contributed by atoms with Gasteiger partial charge in [0, 0.05) is 16.8 Å². The van der Waals surface area contributed by atoms with Crippen LogP contribution in [0.1, 0.15) is 40.5 Å². The van der Waals surface area contributed by atoms with Crippen molar-refractivity contribution >= 4 is 21.6 Å². The van der Waals surface area contributed by atoms with Crippen LogP contribution in [0.5, 0.6) is 0 Å². The molecule has 0 fully saturated rings. The van der Waals surface area contributed by atoms with Crippen LogP contribution in [-0.4, -0.2) is 29.9 Å². The van der Waals surface area contributed by atoms with Crippen LogP contribution in [0, 0.1) is 0 Å². The van der Waals surface area contributed by atoms with Crippen molar-refractivity contribution in [1.29, 1.82) is 0 Å². The van der Waals surface area contributed by atoms with Crippen LogP contribution in [0.3, 0.4) is 0 Å². The van der Waals surface area contributed by atoms with Crippen LogP contribution in [0.4, 0.5) is 0 Å². The van der Waals surface area contributed by atoms with E-state index in [-0.39, 0.29) is 4.75 Å². The van der Waals surface area contributed by atoms with Gasteiger partial charge >= 0.3 is 0 Å². The normalized spacial score (nSPS) is 17.7. The van der Waals surface area contributed by atoms with Gasteiger partial charge in [-0.1, -0.05) is 23.8 Å². The topological polar surface area (TPSA) is 34.1 Å². The van der Waals surface area contributed by atoms with Gasteiger partial charge in [-0.2, -0.15) is 0 Å². The first kappa shape index (κ1) is 15.8. The third kappa shape index (κ3) is 3.89. The molecule has 0 spiro atoms. The lowest BCUT2D eigenvalue weighted by Gasteiger charge is -2.32. The lowest BCUT2D eigenvalue weighted by atomic mass is 9.94. The van der Waals surface area contributed by atoms with E-state index in [1.54, 1.807) is 25.6 Å². The Morgan fingerprint density at radius 3 is 2.33 bits per heavy atom. The fourth-order valence-electron chi connectivity index (χ4n) is 1.66. The molecule has 0 radical (unpaired) electrons. The van der Waals surface area contributed by atoms with Crippen LogP contribution in [0.25, 0.3) is 0 Å². The minimum Gasteiger partial charge on any atom is -0.229 e. The van der Waals surface area contributed by atoms with Crippen LogP contribution < -0.4 is 0 Å². The SMILES string of the molecule is CC(C)(SCC(C)(C)S(C)(=O)=O)C1=CC=CCC1. The third-order valence-corrected chi connectivity index (χ3v) is 7.76. The van der Waals surface area contributed by atoms with Gasteiger partial charge in [-0.15, -0.1) is 11.8 Å². The van der Waals surface area contributed by atoms with Crippen molar-refractivity contribution in [2.45, 2.75) is 50.0 Å². The molecular weight excluding hydrogens is 264 g/mol. The van der Waals surface area contributed by atoms with E-state index in [2.05, 4.69) is 32.1 Å². The molecule has 0 bridgehead atoms. The molecular formula is C14H24O2S2. The highest BCUT2D eigenvalue weighted by molar-refractivity contribution is 8.02. The van der Waals surface area contributed by atoms with Gasteiger partial charge in [0.25, 0.3) is 0 Å². The number of rotatable bonds is 5. The predicted molar refractivity (Wildman–Crippen MR) is 81.9 cm³/mol. The van der Waals surface area contributed by atoms with E-state index < -0.39 is 14.6 Å². The summed E-state index contributed by atoms with van der Waals surface area (Å²) in [5.74, 6) is 0.625. The van der Waals surface area contributed by atoms with Gasteiger partial charge in [-0.25, -0.2) is 8.42 Å². The van der Waals surface area contributed by atoms with Gasteiger partial charge in [-0.05, 0) is 40.5 Å². The maximum absolute atomic E-state index is 11.7. The molecule has 0 atom stereocenters. The second-order valence-electron chi connectivity index (χ2n) is 5.99. The van der Waals surface area contributed by atoms with Crippen LogP contribution >= 0.6 is 11.8 Å². The summed E-state index contributed by atoms with van der Waals surface area (Å²) in [5.41, 5.74) is 1.40. The molecule has 0 amide bonds. The average molecular weight is 288 g/mol. The number of hydrogen-bond donors (Lipinski definition) is 0. The largest absolute Gasteiger partial charge is 0.229 e. The Kier molecular flexibility index (Phi) is 4.76. The Bertz CT molecular complexity index is 454. The zero-order chi connectivity index (χ0) is 14.0. The quantitative estimate of drug-likeness (QED) is 0.775. The summed E-state index contributed by atoms with van der Waals surface area (Å²) < 4.78 is 22.8. The molecule has 18 heavy (non-hydrogen) atoms.